The smallest absolute Gasteiger partial charge is 0.336 e. The molecule has 0 radical (unpaired) electrons. The summed E-state index contributed by atoms with van der Waals surface area (Å²) in [4.78, 5) is 10.8. The van der Waals surface area contributed by atoms with E-state index in [-0.39, 0.29) is 12.1 Å². The first-order valence-electron chi connectivity index (χ1n) is 4.79. The number of rotatable bonds is 1. The zero-order chi connectivity index (χ0) is 12.6. The van der Waals surface area contributed by atoms with Crippen LogP contribution in [0.3, 0.4) is 0 Å². The molecule has 1 aromatic rings. The van der Waals surface area contributed by atoms with Crippen molar-refractivity contribution in [3.05, 3.63) is 35.1 Å². The minimum atomic E-state index is -4.57. The monoisotopic (exact) mass is 248 g/mol. The molecule has 2 N–H and O–H groups in total. The summed E-state index contributed by atoms with van der Waals surface area (Å²) in [5.41, 5.74) is -1.01. The van der Waals surface area contributed by atoms with Gasteiger partial charge < -0.3 is 10.6 Å². The fraction of sp³-hybridized carbons (Fsp3) is 0.300. The molecule has 2 amide bonds. The molecule has 1 fully saturated rings. The van der Waals surface area contributed by atoms with Crippen molar-refractivity contribution in [3.8, 4) is 0 Å². The van der Waals surface area contributed by atoms with E-state index in [0.717, 1.165) is 12.1 Å². The zero-order valence-corrected chi connectivity index (χ0v) is 8.44. The van der Waals surface area contributed by atoms with Crippen molar-refractivity contribution in [2.45, 2.75) is 12.2 Å². The lowest BCUT2D eigenvalue weighted by atomic mass is 10.0. The van der Waals surface area contributed by atoms with Gasteiger partial charge in [0, 0.05) is 12.1 Å². The Morgan fingerprint density at radius 2 is 2.00 bits per heavy atom. The molecule has 1 saturated heterocycles. The third-order valence-corrected chi connectivity index (χ3v) is 2.48. The minimum Gasteiger partial charge on any atom is -0.336 e. The lowest BCUT2D eigenvalue weighted by Gasteiger charge is -2.12. The maximum Gasteiger partial charge on any atom is 0.416 e. The van der Waals surface area contributed by atoms with Gasteiger partial charge in [-0.25, -0.2) is 9.18 Å². The van der Waals surface area contributed by atoms with Crippen LogP contribution < -0.4 is 10.6 Å². The summed E-state index contributed by atoms with van der Waals surface area (Å²) >= 11 is 0. The zero-order valence-electron chi connectivity index (χ0n) is 8.44. The first kappa shape index (κ1) is 11.7. The van der Waals surface area contributed by atoms with Gasteiger partial charge in [0.25, 0.3) is 0 Å². The van der Waals surface area contributed by atoms with Crippen LogP contribution in [0, 0.1) is 5.82 Å². The van der Waals surface area contributed by atoms with Gasteiger partial charge in [0.2, 0.25) is 0 Å². The summed E-state index contributed by atoms with van der Waals surface area (Å²) in [7, 11) is 0. The lowest BCUT2D eigenvalue weighted by molar-refractivity contribution is -0.137. The van der Waals surface area contributed by atoms with E-state index in [1.54, 1.807) is 0 Å². The van der Waals surface area contributed by atoms with Crippen LogP contribution in [0.2, 0.25) is 0 Å². The Hall–Kier alpha value is -1.79. The van der Waals surface area contributed by atoms with Crippen LogP contribution in [-0.2, 0) is 6.18 Å². The molecular weight excluding hydrogens is 240 g/mol. The number of carbonyl (C=O) groups is 1. The van der Waals surface area contributed by atoms with Crippen molar-refractivity contribution in [3.63, 3.8) is 0 Å². The fourth-order valence-electron chi connectivity index (χ4n) is 1.63. The molecule has 7 heteroatoms. The van der Waals surface area contributed by atoms with Crippen LogP contribution in [0.4, 0.5) is 22.4 Å². The molecule has 0 aromatic heterocycles. The molecule has 1 heterocycles. The number of urea groups is 1. The van der Waals surface area contributed by atoms with Gasteiger partial charge in [-0.2, -0.15) is 13.2 Å². The van der Waals surface area contributed by atoms with Gasteiger partial charge >= 0.3 is 12.2 Å². The number of hydrogen-bond donors (Lipinski definition) is 2. The SMILES string of the molecule is O=C1NC[C@@H](c2ccc(C(F)(F)F)cc2F)N1. The molecule has 2 rings (SSSR count). The standard InChI is InChI=1S/C10H8F4N2O/c11-7-3-5(10(12,13)14)1-2-6(7)8-4-15-9(17)16-8/h1-3,8H,4H2,(H2,15,16,17)/t8-/m0/s1. The molecule has 92 valence electrons. The summed E-state index contributed by atoms with van der Waals surface area (Å²) in [6.07, 6.45) is -4.57. The number of carbonyl (C=O) groups excluding carboxylic acids is 1. The first-order valence-corrected chi connectivity index (χ1v) is 4.79. The van der Waals surface area contributed by atoms with Gasteiger partial charge in [0.1, 0.15) is 5.82 Å². The average Bonchev–Trinajstić information content (AvgIpc) is 2.63. The number of benzene rings is 1. The normalized spacial score (nSPS) is 20.0. The Morgan fingerprint density at radius 1 is 1.29 bits per heavy atom. The highest BCUT2D eigenvalue weighted by Crippen LogP contribution is 2.31. The van der Waals surface area contributed by atoms with E-state index in [1.165, 1.54) is 0 Å². The molecule has 0 spiro atoms. The molecule has 1 aliphatic heterocycles. The van der Waals surface area contributed by atoms with E-state index in [9.17, 15) is 22.4 Å². The van der Waals surface area contributed by atoms with Gasteiger partial charge in [-0.3, -0.25) is 0 Å². The van der Waals surface area contributed by atoms with Crippen molar-refractivity contribution in [1.82, 2.24) is 10.6 Å². The van der Waals surface area contributed by atoms with Crippen LogP contribution >= 0.6 is 0 Å². The molecule has 17 heavy (non-hydrogen) atoms. The van der Waals surface area contributed by atoms with Crippen LogP contribution in [0.15, 0.2) is 18.2 Å². The van der Waals surface area contributed by atoms with Crippen molar-refractivity contribution in [2.24, 2.45) is 0 Å². The van der Waals surface area contributed by atoms with E-state index in [2.05, 4.69) is 10.6 Å². The quantitative estimate of drug-likeness (QED) is 0.735. The van der Waals surface area contributed by atoms with Crippen molar-refractivity contribution in [1.29, 1.82) is 0 Å². The second-order valence-electron chi connectivity index (χ2n) is 3.64. The third-order valence-electron chi connectivity index (χ3n) is 2.48. The minimum absolute atomic E-state index is 0.0383. The molecule has 3 nitrogen and oxygen atoms in total. The summed E-state index contributed by atoms with van der Waals surface area (Å²) in [6.45, 7) is 0.154. The highest BCUT2D eigenvalue weighted by Gasteiger charge is 2.32. The molecule has 0 saturated carbocycles. The van der Waals surface area contributed by atoms with Gasteiger partial charge in [-0.1, -0.05) is 6.07 Å². The highest BCUT2D eigenvalue weighted by atomic mass is 19.4. The van der Waals surface area contributed by atoms with Crippen LogP contribution in [0.1, 0.15) is 17.2 Å². The first-order chi connectivity index (χ1) is 7.88. The summed E-state index contributed by atoms with van der Waals surface area (Å²) in [5, 5.41) is 4.80. The summed E-state index contributed by atoms with van der Waals surface area (Å²) in [6, 6.07) is 1.16. The van der Waals surface area contributed by atoms with Gasteiger partial charge in [-0.15, -0.1) is 0 Å². The maximum atomic E-state index is 13.5. The Morgan fingerprint density at radius 3 is 2.47 bits per heavy atom. The van der Waals surface area contributed by atoms with Crippen LogP contribution in [0.25, 0.3) is 0 Å². The topological polar surface area (TPSA) is 41.1 Å². The number of alkyl halides is 3. The van der Waals surface area contributed by atoms with E-state index in [0.29, 0.717) is 6.07 Å². The van der Waals surface area contributed by atoms with Crippen molar-refractivity contribution in [2.75, 3.05) is 6.54 Å². The molecule has 0 unspecified atom stereocenters. The Balaban J connectivity index is 2.29. The molecule has 0 bridgehead atoms. The van der Waals surface area contributed by atoms with E-state index < -0.39 is 29.6 Å². The van der Waals surface area contributed by atoms with Crippen LogP contribution in [-0.4, -0.2) is 12.6 Å². The summed E-state index contributed by atoms with van der Waals surface area (Å²) in [5.74, 6) is -0.978. The largest absolute Gasteiger partial charge is 0.416 e. The Kier molecular flexibility index (Phi) is 2.68. The number of nitrogens with one attached hydrogen (secondary N) is 2. The predicted molar refractivity (Wildman–Crippen MR) is 50.7 cm³/mol. The van der Waals surface area contributed by atoms with Gasteiger partial charge in [0.05, 0.1) is 11.6 Å². The van der Waals surface area contributed by atoms with Gasteiger partial charge in [-0.05, 0) is 12.1 Å². The molecule has 1 aliphatic rings. The fourth-order valence-corrected chi connectivity index (χ4v) is 1.63. The summed E-state index contributed by atoms with van der Waals surface area (Å²) < 4.78 is 50.4. The molecular formula is C10H8F4N2O. The van der Waals surface area contributed by atoms with Gasteiger partial charge in [0.15, 0.2) is 0 Å². The van der Waals surface area contributed by atoms with E-state index in [4.69, 9.17) is 0 Å². The number of halogens is 4. The van der Waals surface area contributed by atoms with E-state index >= 15 is 0 Å². The predicted octanol–water partition coefficient (Wildman–Crippen LogP) is 2.20. The second kappa shape index (κ2) is 3.90. The highest BCUT2D eigenvalue weighted by molar-refractivity contribution is 5.76. The van der Waals surface area contributed by atoms with Crippen LogP contribution in [0.5, 0.6) is 0 Å². The number of amides is 2. The van der Waals surface area contributed by atoms with E-state index in [1.807, 2.05) is 0 Å². The maximum absolute atomic E-state index is 13.5. The average molecular weight is 248 g/mol. The Labute approximate surface area is 93.8 Å². The molecule has 1 atom stereocenters. The lowest BCUT2D eigenvalue weighted by Crippen LogP contribution is -2.22. The van der Waals surface area contributed by atoms with Crippen molar-refractivity contribution < 1.29 is 22.4 Å². The molecule has 1 aromatic carbocycles. The third kappa shape index (κ3) is 2.32. The Bertz CT molecular complexity index is 458. The second-order valence-corrected chi connectivity index (χ2v) is 3.64. The molecule has 0 aliphatic carbocycles. The number of hydrogen-bond acceptors (Lipinski definition) is 1. The van der Waals surface area contributed by atoms with Crippen molar-refractivity contribution >= 4 is 6.03 Å².